The van der Waals surface area contributed by atoms with Gasteiger partial charge in [-0.3, -0.25) is 38.5 Å². The van der Waals surface area contributed by atoms with Gasteiger partial charge in [0.1, 0.15) is 18.1 Å². The molecule has 18 heteroatoms. The molecule has 3 N–H and O–H groups in total. The maximum Gasteiger partial charge on any atom is 0.326 e. The van der Waals surface area contributed by atoms with Gasteiger partial charge in [0, 0.05) is 60.7 Å². The van der Waals surface area contributed by atoms with Crippen molar-refractivity contribution in [1.82, 2.24) is 30.2 Å². The van der Waals surface area contributed by atoms with Gasteiger partial charge in [-0.25, -0.2) is 4.79 Å². The van der Waals surface area contributed by atoms with Crippen molar-refractivity contribution in [3.05, 3.63) is 35.9 Å². The average Bonchev–Trinajstić information content (AvgIpc) is 3.92. The smallest absolute Gasteiger partial charge is 0.326 e. The van der Waals surface area contributed by atoms with Gasteiger partial charge in [-0.2, -0.15) is 0 Å². The van der Waals surface area contributed by atoms with Crippen molar-refractivity contribution in [2.45, 2.75) is 181 Å². The van der Waals surface area contributed by atoms with Gasteiger partial charge >= 0.3 is 5.97 Å². The van der Waals surface area contributed by atoms with E-state index >= 15 is 0 Å². The lowest BCUT2D eigenvalue weighted by atomic mass is 9.89. The average molecular weight is 1030 g/mol. The Labute approximate surface area is 434 Å². The van der Waals surface area contributed by atoms with Crippen LogP contribution in [0.1, 0.15) is 132 Å². The monoisotopic (exact) mass is 1030 g/mol. The minimum absolute atomic E-state index is 0.0808. The summed E-state index contributed by atoms with van der Waals surface area (Å²) in [4.78, 5) is 114. The summed E-state index contributed by atoms with van der Waals surface area (Å²) in [6.07, 6.45) is 3.53. The molecule has 0 radical (unpaired) electrons. The molecule has 0 spiro atoms. The van der Waals surface area contributed by atoms with Crippen molar-refractivity contribution in [2.75, 3.05) is 47.2 Å². The molecule has 406 valence electrons. The topological polar surface area (TPSA) is 212 Å². The number of unbranched alkanes of at least 4 members (excludes halogenated alkanes) is 2. The highest BCUT2D eigenvalue weighted by Crippen LogP contribution is 2.31. The second-order valence-corrected chi connectivity index (χ2v) is 22.4. The molecule has 0 aliphatic carbocycles. The molecule has 2 heterocycles. The van der Waals surface area contributed by atoms with Crippen molar-refractivity contribution in [3.63, 3.8) is 0 Å². The van der Waals surface area contributed by atoms with Crippen LogP contribution < -0.4 is 10.6 Å². The Morgan fingerprint density at radius 1 is 0.861 bits per heavy atom. The van der Waals surface area contributed by atoms with E-state index in [4.69, 9.17) is 9.47 Å². The Hall–Kier alpha value is -4.55. The number of nitrogens with one attached hydrogen (secondary N) is 2. The van der Waals surface area contributed by atoms with Crippen molar-refractivity contribution < 1.29 is 52.9 Å². The number of hydrogen-bond acceptors (Lipinski definition) is 11. The predicted octanol–water partition coefficient (Wildman–Crippen LogP) is 5.81. The van der Waals surface area contributed by atoms with Crippen LogP contribution >= 0.6 is 11.8 Å². The Kier molecular flexibility index (Phi) is 25.7. The number of hydrogen-bond donors (Lipinski definition) is 3. The van der Waals surface area contributed by atoms with E-state index in [0.717, 1.165) is 17.7 Å². The molecule has 2 unspecified atom stereocenters. The molecule has 2 saturated heterocycles. The van der Waals surface area contributed by atoms with Gasteiger partial charge in [-0.1, -0.05) is 105 Å². The second-order valence-electron chi connectivity index (χ2n) is 21.0. The largest absolute Gasteiger partial charge is 0.480 e. The number of amides is 7. The number of rotatable bonds is 31. The highest BCUT2D eigenvalue weighted by molar-refractivity contribution is 8.00. The van der Waals surface area contributed by atoms with Crippen LogP contribution in [0, 0.1) is 29.6 Å². The molecule has 17 nitrogen and oxygen atoms in total. The van der Waals surface area contributed by atoms with Gasteiger partial charge in [0.2, 0.25) is 41.4 Å². The zero-order chi connectivity index (χ0) is 54.0. The molecular formula is C54H88N6O11S. The Morgan fingerprint density at radius 3 is 2.10 bits per heavy atom. The van der Waals surface area contributed by atoms with Gasteiger partial charge < -0.3 is 39.9 Å². The summed E-state index contributed by atoms with van der Waals surface area (Å²) in [5, 5.41) is 15.3. The van der Waals surface area contributed by atoms with Crippen LogP contribution in [0.2, 0.25) is 0 Å². The quantitative estimate of drug-likeness (QED) is 0.0594. The van der Waals surface area contributed by atoms with Crippen LogP contribution in [0.3, 0.4) is 0 Å². The Bertz CT molecular complexity index is 1950. The molecule has 2 aliphatic rings. The molecule has 0 aromatic heterocycles. The summed E-state index contributed by atoms with van der Waals surface area (Å²) in [7, 11) is 6.25. The number of ether oxygens (including phenoxy) is 2. The van der Waals surface area contributed by atoms with Gasteiger partial charge in [-0.15, -0.1) is 11.8 Å². The lowest BCUT2D eigenvalue weighted by Crippen LogP contribution is -2.60. The van der Waals surface area contributed by atoms with E-state index in [2.05, 4.69) is 24.5 Å². The number of likely N-dealkylation sites (tertiary alicyclic amines) is 2. The molecule has 1 aromatic rings. The normalized spacial score (nSPS) is 19.4. The zero-order valence-corrected chi connectivity index (χ0v) is 46.3. The van der Waals surface area contributed by atoms with E-state index < -0.39 is 66.1 Å². The van der Waals surface area contributed by atoms with Crippen molar-refractivity contribution >= 4 is 59.1 Å². The third-order valence-corrected chi connectivity index (χ3v) is 15.8. The van der Waals surface area contributed by atoms with Gasteiger partial charge in [0.25, 0.3) is 0 Å². The van der Waals surface area contributed by atoms with E-state index in [9.17, 15) is 43.5 Å². The Balaban J connectivity index is 1.67. The lowest BCUT2D eigenvalue weighted by Gasteiger charge is -2.41. The number of carboxylic acid groups (broad SMARTS) is 1. The fraction of sp³-hybridized carbons (Fsp3) is 0.741. The standard InChI is InChI=1S/C54H88N6O11S/c1-14-36(8)48(41(70-12)31-44(62)59-28-21-24-40(59)49(71-13)37(9)50(64)55-39(54(68)69)30-38-22-17-15-18-23-38)58(11)53(67)46(34(4)5)56-51(65)47(35(6)7)57(10)43(61)25-19-16-20-27-60-45(63)32-42(52(60)66)72-29-26-33(2)3/h15,17-18,22-23,33-37,39-42,46-49H,14,16,19-21,24-32H2,1-13H3,(H,55,64)(H,56,65)(H,68,69)/t36-,37+,39-,40-,41+,42?,46-,47?,48-,49+/m0/s1. The Morgan fingerprint density at radius 2 is 1.53 bits per heavy atom. The predicted molar refractivity (Wildman–Crippen MR) is 280 cm³/mol. The summed E-state index contributed by atoms with van der Waals surface area (Å²) >= 11 is 1.55. The minimum atomic E-state index is -1.16. The fourth-order valence-corrected chi connectivity index (χ4v) is 11.5. The van der Waals surface area contributed by atoms with Crippen molar-refractivity contribution in [2.24, 2.45) is 29.6 Å². The molecule has 2 aliphatic heterocycles. The first kappa shape index (κ1) is 61.7. The summed E-state index contributed by atoms with van der Waals surface area (Å²) in [5.41, 5.74) is 0.764. The molecule has 72 heavy (non-hydrogen) atoms. The first-order valence-corrected chi connectivity index (χ1v) is 27.3. The first-order valence-electron chi connectivity index (χ1n) is 26.2. The highest BCUT2D eigenvalue weighted by Gasteiger charge is 2.44. The third-order valence-electron chi connectivity index (χ3n) is 14.6. The number of carboxylic acids is 1. The third kappa shape index (κ3) is 17.3. The number of methoxy groups -OCH3 is 2. The summed E-state index contributed by atoms with van der Waals surface area (Å²) in [6.45, 7) is 18.0. The van der Waals surface area contributed by atoms with Crippen LogP contribution in [-0.2, 0) is 54.3 Å². The van der Waals surface area contributed by atoms with E-state index in [1.807, 2.05) is 47.6 Å². The summed E-state index contributed by atoms with van der Waals surface area (Å²) in [6, 6.07) is 4.98. The number of likely N-dealkylation sites (N-methyl/N-ethyl adjacent to an activating group) is 2. The van der Waals surface area contributed by atoms with Gasteiger partial charge in [0.15, 0.2) is 0 Å². The molecule has 0 saturated carbocycles. The molecule has 2 fully saturated rings. The highest BCUT2D eigenvalue weighted by atomic mass is 32.2. The van der Waals surface area contributed by atoms with E-state index in [1.165, 1.54) is 24.0 Å². The lowest BCUT2D eigenvalue weighted by molar-refractivity contribution is -0.149. The molecule has 7 amide bonds. The SMILES string of the molecule is CC[C@H](C)[C@@H]([C@@H](CC(=O)N1CCC[C@H]1[C@H](OC)[C@@H](C)C(=O)N[C@@H](Cc1ccccc1)C(=O)O)OC)N(C)C(=O)[C@@H](NC(=O)C(C(C)C)N(C)C(=O)CCCCCN1C(=O)CC(SCCC(C)C)C1=O)C(C)C. The van der Waals surface area contributed by atoms with Crippen LogP contribution in [0.4, 0.5) is 0 Å². The van der Waals surface area contributed by atoms with Gasteiger partial charge in [0.05, 0.1) is 41.9 Å². The van der Waals surface area contributed by atoms with E-state index in [1.54, 1.807) is 66.8 Å². The van der Waals surface area contributed by atoms with Crippen LogP contribution in [-0.4, -0.2) is 167 Å². The summed E-state index contributed by atoms with van der Waals surface area (Å²) in [5.74, 6) is -3.43. The van der Waals surface area contributed by atoms with Crippen LogP contribution in [0.15, 0.2) is 30.3 Å². The van der Waals surface area contributed by atoms with Crippen LogP contribution in [0.5, 0.6) is 0 Å². The summed E-state index contributed by atoms with van der Waals surface area (Å²) < 4.78 is 12.0. The molecule has 10 atom stereocenters. The van der Waals surface area contributed by atoms with E-state index in [-0.39, 0.29) is 78.2 Å². The maximum absolute atomic E-state index is 14.6. The number of benzene rings is 1. The number of imide groups is 1. The van der Waals surface area contributed by atoms with E-state index in [0.29, 0.717) is 57.5 Å². The minimum Gasteiger partial charge on any atom is -0.480 e. The number of nitrogens with zero attached hydrogens (tertiary/aromatic N) is 4. The molecule has 3 rings (SSSR count). The molecule has 1 aromatic carbocycles. The number of carbonyl (C=O) groups excluding carboxylic acids is 7. The second kappa shape index (κ2) is 30.0. The molecular weight excluding hydrogens is 941 g/mol. The van der Waals surface area contributed by atoms with Crippen molar-refractivity contribution in [1.29, 1.82) is 0 Å². The fourth-order valence-electron chi connectivity index (χ4n) is 10.1. The zero-order valence-electron chi connectivity index (χ0n) is 45.5. The van der Waals surface area contributed by atoms with Crippen molar-refractivity contribution in [3.8, 4) is 0 Å². The first-order chi connectivity index (χ1) is 34.0. The van der Waals surface area contributed by atoms with Gasteiger partial charge in [-0.05, 0) is 67.1 Å². The number of thioether (sulfide) groups is 1. The van der Waals surface area contributed by atoms with Crippen LogP contribution in [0.25, 0.3) is 0 Å². The molecule has 0 bridgehead atoms. The maximum atomic E-state index is 14.6. The number of aliphatic carboxylic acids is 1. The number of carbonyl (C=O) groups is 8.